The van der Waals surface area contributed by atoms with Crippen molar-refractivity contribution in [1.29, 1.82) is 0 Å². The molecule has 0 radical (unpaired) electrons. The van der Waals surface area contributed by atoms with Crippen LogP contribution in [0.1, 0.15) is 93.1 Å². The van der Waals surface area contributed by atoms with Crippen LogP contribution in [0.2, 0.25) is 0 Å². The molecule has 13 N–H and O–H groups in total. The first-order valence-corrected chi connectivity index (χ1v) is 22.3. The molecule has 0 saturated carbocycles. The summed E-state index contributed by atoms with van der Waals surface area (Å²) in [5, 5.41) is 55.9. The number of likely N-dealkylation sites (tertiary alicyclic amines) is 1. The van der Waals surface area contributed by atoms with Crippen LogP contribution in [0.4, 0.5) is 0 Å². The number of aliphatic hydroxyl groups excluding tert-OH is 1. The molecule has 1 heterocycles. The standard InChI is InChI=1S/C44H69N9O14/c1-21(2)18-30(49-37(59)28(45)19-26-11-13-27(55)14-12-26)38(60)48-29(15-16-33(57)58)43(65)53-17-9-10-31(53)39(61)46-20-32(56)50-34(22(3)4)41(63)52-36(25(8)54)42(64)51-35(23(5)6)40(62)47-24(7)44(66)67/h11-14,21-25,28-31,34-36,54-55H,9-10,15-20,45H2,1-8H3,(H,46,61)(H,47,62)(H,48,60)(H,49,59)(H,50,56)(H,51,64)(H,52,63)(H,57,58)(H,66,67)/t24-,25+,28-,29-,30-,31-,34-,35-,36-/m0/s1. The average molecular weight is 948 g/mol. The molecule has 9 atom stereocenters. The number of carbonyl (C=O) groups is 10. The van der Waals surface area contributed by atoms with Gasteiger partial charge in [-0.2, -0.15) is 0 Å². The number of carboxylic acids is 2. The topological polar surface area (TPSA) is 365 Å². The number of carboxylic acid groups (broad SMARTS) is 2. The van der Waals surface area contributed by atoms with Gasteiger partial charge < -0.3 is 68.3 Å². The summed E-state index contributed by atoms with van der Waals surface area (Å²) in [4.78, 5) is 131. The quantitative estimate of drug-likeness (QED) is 0.0477. The van der Waals surface area contributed by atoms with Crippen molar-refractivity contribution in [2.75, 3.05) is 13.1 Å². The van der Waals surface area contributed by atoms with Gasteiger partial charge in [-0.15, -0.1) is 0 Å². The van der Waals surface area contributed by atoms with Crippen LogP contribution in [-0.2, 0) is 54.4 Å². The Morgan fingerprint density at radius 2 is 1.24 bits per heavy atom. The fraction of sp³-hybridized carbons (Fsp3) is 0.636. The zero-order chi connectivity index (χ0) is 50.9. The van der Waals surface area contributed by atoms with E-state index < -0.39 is 138 Å². The van der Waals surface area contributed by atoms with E-state index in [1.165, 1.54) is 30.9 Å². The number of nitrogens with zero attached hydrogens (tertiary/aromatic N) is 1. The molecule has 0 bridgehead atoms. The van der Waals surface area contributed by atoms with Crippen LogP contribution in [-0.4, -0.2) is 152 Å². The monoisotopic (exact) mass is 947 g/mol. The summed E-state index contributed by atoms with van der Waals surface area (Å²) in [5.74, 6) is -10.3. The van der Waals surface area contributed by atoms with Crippen molar-refractivity contribution >= 4 is 59.2 Å². The van der Waals surface area contributed by atoms with Gasteiger partial charge in [-0.1, -0.05) is 53.7 Å². The highest BCUT2D eigenvalue weighted by Gasteiger charge is 2.40. The van der Waals surface area contributed by atoms with Crippen molar-refractivity contribution < 1.29 is 68.4 Å². The van der Waals surface area contributed by atoms with Crippen LogP contribution in [0.25, 0.3) is 0 Å². The second-order valence-electron chi connectivity index (χ2n) is 17.9. The molecule has 0 spiro atoms. The number of aromatic hydroxyl groups is 1. The highest BCUT2D eigenvalue weighted by Crippen LogP contribution is 2.20. The van der Waals surface area contributed by atoms with Crippen LogP contribution in [0, 0.1) is 17.8 Å². The molecule has 2 rings (SSSR count). The number of phenols is 1. The van der Waals surface area contributed by atoms with Gasteiger partial charge in [0.25, 0.3) is 0 Å². The van der Waals surface area contributed by atoms with E-state index in [9.17, 15) is 63.3 Å². The van der Waals surface area contributed by atoms with Gasteiger partial charge in [0.2, 0.25) is 47.3 Å². The first-order valence-electron chi connectivity index (χ1n) is 22.3. The lowest BCUT2D eigenvalue weighted by molar-refractivity contribution is -0.143. The summed E-state index contributed by atoms with van der Waals surface area (Å²) in [7, 11) is 0. The minimum atomic E-state index is -1.62. The fourth-order valence-corrected chi connectivity index (χ4v) is 7.10. The molecule has 0 aromatic heterocycles. The number of carbonyl (C=O) groups excluding carboxylic acids is 8. The third-order valence-electron chi connectivity index (χ3n) is 10.9. The summed E-state index contributed by atoms with van der Waals surface area (Å²) in [5.41, 5.74) is 6.80. The average Bonchev–Trinajstić information content (AvgIpc) is 3.74. The Labute approximate surface area is 389 Å². The number of rotatable bonds is 26. The Kier molecular flexibility index (Phi) is 22.6. The number of hydrogen-bond acceptors (Lipinski definition) is 13. The van der Waals surface area contributed by atoms with E-state index in [0.29, 0.717) is 12.0 Å². The number of aliphatic carboxylic acids is 2. The smallest absolute Gasteiger partial charge is 0.325 e. The molecule has 374 valence electrons. The highest BCUT2D eigenvalue weighted by atomic mass is 16.4. The predicted octanol–water partition coefficient (Wildman–Crippen LogP) is -2.01. The van der Waals surface area contributed by atoms with Gasteiger partial charge in [-0.25, -0.2) is 0 Å². The van der Waals surface area contributed by atoms with Crippen LogP contribution in [0.5, 0.6) is 5.75 Å². The molecule has 1 aliphatic rings. The summed E-state index contributed by atoms with van der Waals surface area (Å²) in [6.45, 7) is 11.8. The van der Waals surface area contributed by atoms with Crippen LogP contribution >= 0.6 is 0 Å². The van der Waals surface area contributed by atoms with E-state index in [4.69, 9.17) is 10.8 Å². The summed E-state index contributed by atoms with van der Waals surface area (Å²) >= 11 is 0. The lowest BCUT2D eigenvalue weighted by atomic mass is 10.0. The zero-order valence-electron chi connectivity index (χ0n) is 39.3. The molecule has 1 saturated heterocycles. The Hall–Kier alpha value is -6.36. The van der Waals surface area contributed by atoms with Crippen molar-refractivity contribution in [3.05, 3.63) is 29.8 Å². The minimum absolute atomic E-state index is 0.0292. The van der Waals surface area contributed by atoms with Crippen molar-refractivity contribution in [3.8, 4) is 5.75 Å². The van der Waals surface area contributed by atoms with E-state index in [0.717, 1.165) is 0 Å². The van der Waals surface area contributed by atoms with Gasteiger partial charge in [0.1, 0.15) is 48.0 Å². The van der Waals surface area contributed by atoms with E-state index >= 15 is 0 Å². The highest BCUT2D eigenvalue weighted by molar-refractivity contribution is 5.98. The van der Waals surface area contributed by atoms with Gasteiger partial charge in [-0.05, 0) is 81.4 Å². The zero-order valence-corrected chi connectivity index (χ0v) is 39.3. The molecule has 1 fully saturated rings. The van der Waals surface area contributed by atoms with Crippen LogP contribution in [0.3, 0.4) is 0 Å². The maximum atomic E-state index is 14.0. The SMILES string of the molecule is CC(C)C[C@H](NC(=O)[C@@H](N)Cc1ccc(O)cc1)C(=O)N[C@@H](CCC(=O)O)C(=O)N1CCC[C@H]1C(=O)NCC(=O)N[C@H](C(=O)N[C@H](C(=O)N[C@H](C(=O)N[C@@H](C)C(=O)O)C(C)C)[C@@H](C)O)C(C)C. The maximum absolute atomic E-state index is 14.0. The van der Waals surface area contributed by atoms with Gasteiger partial charge in [-0.3, -0.25) is 47.9 Å². The van der Waals surface area contributed by atoms with Gasteiger partial charge in [0.15, 0.2) is 0 Å². The van der Waals surface area contributed by atoms with E-state index in [1.807, 2.05) is 0 Å². The molecule has 23 nitrogen and oxygen atoms in total. The molecule has 1 aliphatic heterocycles. The number of aliphatic hydroxyl groups is 1. The second-order valence-corrected chi connectivity index (χ2v) is 17.9. The van der Waals surface area contributed by atoms with Gasteiger partial charge in [0, 0.05) is 13.0 Å². The summed E-state index contributed by atoms with van der Waals surface area (Å²) in [6, 6.07) is -4.18. The van der Waals surface area contributed by atoms with Crippen molar-refractivity contribution in [3.63, 3.8) is 0 Å². The molecule has 0 unspecified atom stereocenters. The van der Waals surface area contributed by atoms with Crippen molar-refractivity contribution in [2.45, 2.75) is 148 Å². The van der Waals surface area contributed by atoms with Crippen molar-refractivity contribution in [1.82, 2.24) is 42.1 Å². The van der Waals surface area contributed by atoms with Crippen LogP contribution < -0.4 is 43.0 Å². The molecular weight excluding hydrogens is 879 g/mol. The van der Waals surface area contributed by atoms with E-state index in [1.54, 1.807) is 53.7 Å². The normalized spacial score (nSPS) is 17.1. The maximum Gasteiger partial charge on any atom is 0.325 e. The summed E-state index contributed by atoms with van der Waals surface area (Å²) < 4.78 is 0. The minimum Gasteiger partial charge on any atom is -0.508 e. The molecular formula is C44H69N9O14. The number of phenolic OH excluding ortho intramolecular Hbond substituents is 1. The largest absolute Gasteiger partial charge is 0.508 e. The van der Waals surface area contributed by atoms with Gasteiger partial charge >= 0.3 is 11.9 Å². The van der Waals surface area contributed by atoms with E-state index in [2.05, 4.69) is 37.2 Å². The van der Waals surface area contributed by atoms with E-state index in [-0.39, 0.29) is 43.9 Å². The third-order valence-corrected chi connectivity index (χ3v) is 10.9. The molecule has 0 aliphatic carbocycles. The number of nitrogens with one attached hydrogen (secondary N) is 7. The Bertz CT molecular complexity index is 1930. The lowest BCUT2D eigenvalue weighted by Gasteiger charge is -2.30. The summed E-state index contributed by atoms with van der Waals surface area (Å²) in [6.07, 6.45) is -1.67. The Balaban J connectivity index is 2.15. The fourth-order valence-electron chi connectivity index (χ4n) is 7.10. The lowest BCUT2D eigenvalue weighted by Crippen LogP contribution is -2.62. The van der Waals surface area contributed by atoms with Gasteiger partial charge in [0.05, 0.1) is 18.7 Å². The number of nitrogens with two attached hydrogens (primary N) is 1. The van der Waals surface area contributed by atoms with Crippen LogP contribution in [0.15, 0.2) is 24.3 Å². The molecule has 1 aromatic rings. The third kappa shape index (κ3) is 18.4. The molecule has 67 heavy (non-hydrogen) atoms. The predicted molar refractivity (Wildman–Crippen MR) is 240 cm³/mol. The Morgan fingerprint density at radius 3 is 1.78 bits per heavy atom. The second kappa shape index (κ2) is 26.7. The Morgan fingerprint density at radius 1 is 0.701 bits per heavy atom. The number of hydrogen-bond donors (Lipinski definition) is 12. The first kappa shape index (κ1) is 56.8. The number of amides is 8. The number of benzene rings is 1. The molecule has 8 amide bonds. The molecule has 1 aromatic carbocycles. The van der Waals surface area contributed by atoms with Crippen molar-refractivity contribution in [2.24, 2.45) is 23.5 Å². The first-order chi connectivity index (χ1) is 31.2. The molecule has 23 heteroatoms.